The summed E-state index contributed by atoms with van der Waals surface area (Å²) in [5.41, 5.74) is 0. The van der Waals surface area contributed by atoms with Crippen molar-refractivity contribution in [2.45, 2.75) is 20.3 Å². The monoisotopic (exact) mass is 186 g/mol. The lowest BCUT2D eigenvalue weighted by molar-refractivity contribution is -0.143. The van der Waals surface area contributed by atoms with E-state index in [0.717, 1.165) is 13.8 Å². The lowest BCUT2D eigenvalue weighted by atomic mass is 9.94. The molecule has 5 heteroatoms. The van der Waals surface area contributed by atoms with Crippen LogP contribution in [-0.4, -0.2) is 28.4 Å². The highest BCUT2D eigenvalue weighted by molar-refractivity contribution is 6.20. The number of aliphatic carboxylic acids is 1. The first kappa shape index (κ1) is 11.5. The van der Waals surface area contributed by atoms with Crippen molar-refractivity contribution in [1.82, 2.24) is 0 Å². The number of hydrogen-bond donors (Lipinski definition) is 1. The third-order valence-electron chi connectivity index (χ3n) is 1.46. The molecule has 0 aliphatic carbocycles. The average Bonchev–Trinajstić information content (AvgIpc) is 1.81. The minimum Gasteiger partial charge on any atom is -0.481 e. The SMILES string of the molecule is CC(=O)C(C(C)=O)C(=O)CC(=O)O. The van der Waals surface area contributed by atoms with Crippen molar-refractivity contribution in [3.05, 3.63) is 0 Å². The van der Waals surface area contributed by atoms with Crippen LogP contribution < -0.4 is 0 Å². The molecule has 0 fully saturated rings. The number of hydrogen-bond acceptors (Lipinski definition) is 4. The lowest BCUT2D eigenvalue weighted by Crippen LogP contribution is -2.30. The molecule has 0 radical (unpaired) electrons. The molecule has 0 rings (SSSR count). The molecule has 0 aliphatic heterocycles. The normalized spacial score (nSPS) is 9.77. The maximum atomic E-state index is 11.0. The number of Topliss-reactive ketones (excluding diaryl/α,β-unsaturated/α-hetero) is 3. The Balaban J connectivity index is 4.57. The minimum atomic E-state index is -1.41. The molecule has 0 aromatic rings. The standard InChI is InChI=1S/C8H10O5/c1-4(9)8(5(2)10)6(11)3-7(12)13/h8H,3H2,1-2H3,(H,12,13). The van der Waals surface area contributed by atoms with E-state index in [1.54, 1.807) is 0 Å². The van der Waals surface area contributed by atoms with Crippen LogP contribution in [-0.2, 0) is 19.2 Å². The van der Waals surface area contributed by atoms with Gasteiger partial charge in [0.2, 0.25) is 0 Å². The molecule has 0 spiro atoms. The Bertz CT molecular complexity index is 252. The molecular formula is C8H10O5. The molecule has 0 atom stereocenters. The van der Waals surface area contributed by atoms with Gasteiger partial charge in [0.25, 0.3) is 0 Å². The van der Waals surface area contributed by atoms with Gasteiger partial charge in [0.1, 0.15) is 23.9 Å². The van der Waals surface area contributed by atoms with Crippen LogP contribution >= 0.6 is 0 Å². The van der Waals surface area contributed by atoms with Gasteiger partial charge >= 0.3 is 5.97 Å². The number of ketones is 3. The van der Waals surface area contributed by atoms with Gasteiger partial charge in [-0.1, -0.05) is 0 Å². The van der Waals surface area contributed by atoms with E-state index >= 15 is 0 Å². The highest BCUT2D eigenvalue weighted by Gasteiger charge is 2.28. The van der Waals surface area contributed by atoms with Crippen LogP contribution in [0.3, 0.4) is 0 Å². The average molecular weight is 186 g/mol. The molecule has 0 amide bonds. The number of rotatable bonds is 5. The van der Waals surface area contributed by atoms with E-state index in [1.165, 1.54) is 0 Å². The van der Waals surface area contributed by atoms with Crippen LogP contribution in [0.5, 0.6) is 0 Å². The first-order chi connectivity index (χ1) is 5.86. The minimum absolute atomic E-state index is 0.612. The first-order valence-corrected chi connectivity index (χ1v) is 3.61. The van der Waals surface area contributed by atoms with Crippen molar-refractivity contribution in [2.75, 3.05) is 0 Å². The maximum absolute atomic E-state index is 11.0. The second-order valence-corrected chi connectivity index (χ2v) is 2.69. The van der Waals surface area contributed by atoms with Gasteiger partial charge < -0.3 is 5.11 Å². The molecule has 0 aromatic heterocycles. The Morgan fingerprint density at radius 3 is 1.69 bits per heavy atom. The largest absolute Gasteiger partial charge is 0.481 e. The van der Waals surface area contributed by atoms with E-state index in [2.05, 4.69) is 0 Å². The fourth-order valence-corrected chi connectivity index (χ4v) is 0.991. The predicted molar refractivity (Wildman–Crippen MR) is 42.1 cm³/mol. The molecule has 5 nitrogen and oxygen atoms in total. The van der Waals surface area contributed by atoms with Crippen molar-refractivity contribution in [3.63, 3.8) is 0 Å². The number of carboxylic acid groups (broad SMARTS) is 1. The van der Waals surface area contributed by atoms with Crippen LogP contribution in [0.25, 0.3) is 0 Å². The second-order valence-electron chi connectivity index (χ2n) is 2.69. The van der Waals surface area contributed by atoms with Crippen molar-refractivity contribution in [3.8, 4) is 0 Å². The topological polar surface area (TPSA) is 88.5 Å². The van der Waals surface area contributed by atoms with E-state index < -0.39 is 35.7 Å². The summed E-state index contributed by atoms with van der Waals surface area (Å²) in [5.74, 6) is -4.82. The van der Waals surface area contributed by atoms with Crippen molar-refractivity contribution < 1.29 is 24.3 Å². The third-order valence-corrected chi connectivity index (χ3v) is 1.46. The highest BCUT2D eigenvalue weighted by Crippen LogP contribution is 2.05. The lowest BCUT2D eigenvalue weighted by Gasteiger charge is -2.06. The summed E-state index contributed by atoms with van der Waals surface area (Å²) < 4.78 is 0. The molecule has 1 N–H and O–H groups in total. The van der Waals surface area contributed by atoms with Crippen LogP contribution in [0.1, 0.15) is 20.3 Å². The fraction of sp³-hybridized carbons (Fsp3) is 0.500. The molecule has 0 heterocycles. The number of carbonyl (C=O) groups excluding carboxylic acids is 3. The molecule has 0 aliphatic rings. The van der Waals surface area contributed by atoms with Gasteiger partial charge in [-0.3, -0.25) is 19.2 Å². The summed E-state index contributed by atoms with van der Waals surface area (Å²) in [4.78, 5) is 42.7. The van der Waals surface area contributed by atoms with Crippen LogP contribution in [0.2, 0.25) is 0 Å². The summed E-state index contributed by atoms with van der Waals surface area (Å²) in [6.07, 6.45) is -0.788. The van der Waals surface area contributed by atoms with Gasteiger partial charge in [0, 0.05) is 0 Å². The Morgan fingerprint density at radius 1 is 1.08 bits per heavy atom. The smallest absolute Gasteiger partial charge is 0.310 e. The molecule has 0 aromatic carbocycles. The van der Waals surface area contributed by atoms with E-state index in [0.29, 0.717) is 0 Å². The summed E-state index contributed by atoms with van der Waals surface area (Å²) in [7, 11) is 0. The van der Waals surface area contributed by atoms with Gasteiger partial charge in [-0.25, -0.2) is 0 Å². The third kappa shape index (κ3) is 3.59. The van der Waals surface area contributed by atoms with E-state index in [4.69, 9.17) is 5.11 Å². The first-order valence-electron chi connectivity index (χ1n) is 3.61. The Kier molecular flexibility index (Phi) is 3.97. The van der Waals surface area contributed by atoms with Crippen LogP contribution in [0, 0.1) is 5.92 Å². The zero-order chi connectivity index (χ0) is 10.6. The number of carbonyl (C=O) groups is 4. The van der Waals surface area contributed by atoms with Crippen LogP contribution in [0.15, 0.2) is 0 Å². The van der Waals surface area contributed by atoms with Crippen molar-refractivity contribution >= 4 is 23.3 Å². The summed E-state index contributed by atoms with van der Waals surface area (Å²) >= 11 is 0. The molecule has 72 valence electrons. The van der Waals surface area contributed by atoms with Crippen LogP contribution in [0.4, 0.5) is 0 Å². The van der Waals surface area contributed by atoms with Gasteiger partial charge in [0.15, 0.2) is 5.78 Å². The van der Waals surface area contributed by atoms with Crippen molar-refractivity contribution in [1.29, 1.82) is 0 Å². The molecular weight excluding hydrogens is 176 g/mol. The van der Waals surface area contributed by atoms with E-state index in [-0.39, 0.29) is 0 Å². The molecule has 0 saturated carbocycles. The van der Waals surface area contributed by atoms with Crippen molar-refractivity contribution in [2.24, 2.45) is 5.92 Å². The summed E-state index contributed by atoms with van der Waals surface area (Å²) in [6.45, 7) is 2.18. The Labute approximate surface area is 74.7 Å². The van der Waals surface area contributed by atoms with Gasteiger partial charge in [0.05, 0.1) is 0 Å². The van der Waals surface area contributed by atoms with Gasteiger partial charge in [-0.2, -0.15) is 0 Å². The second kappa shape index (κ2) is 4.49. The highest BCUT2D eigenvalue weighted by atomic mass is 16.4. The molecule has 0 saturated heterocycles. The predicted octanol–water partition coefficient (Wildman–Crippen LogP) is -0.176. The fourth-order valence-electron chi connectivity index (χ4n) is 0.991. The molecule has 0 bridgehead atoms. The Morgan fingerprint density at radius 2 is 1.46 bits per heavy atom. The van der Waals surface area contributed by atoms with E-state index in [1.807, 2.05) is 0 Å². The Hall–Kier alpha value is -1.52. The summed E-state index contributed by atoms with van der Waals surface area (Å²) in [5, 5.41) is 8.25. The zero-order valence-corrected chi connectivity index (χ0v) is 7.36. The number of carboxylic acids is 1. The van der Waals surface area contributed by atoms with Gasteiger partial charge in [-0.15, -0.1) is 0 Å². The molecule has 13 heavy (non-hydrogen) atoms. The molecule has 0 unspecified atom stereocenters. The summed E-state index contributed by atoms with van der Waals surface area (Å²) in [6, 6.07) is 0. The quantitative estimate of drug-likeness (QED) is 0.602. The van der Waals surface area contributed by atoms with Gasteiger partial charge in [-0.05, 0) is 13.8 Å². The maximum Gasteiger partial charge on any atom is 0.310 e. The zero-order valence-electron chi connectivity index (χ0n) is 7.36. The van der Waals surface area contributed by atoms with E-state index in [9.17, 15) is 19.2 Å².